The molecule has 0 aliphatic rings. The Balaban J connectivity index is 2.10. The number of hydrogen-bond acceptors (Lipinski definition) is 3. The Labute approximate surface area is 97.6 Å². The summed E-state index contributed by atoms with van der Waals surface area (Å²) in [4.78, 5) is 0. The highest BCUT2D eigenvalue weighted by atomic mass is 16.5. The fourth-order valence-corrected chi connectivity index (χ4v) is 1.28. The first-order valence-corrected chi connectivity index (χ1v) is 5.69. The topological polar surface area (TPSA) is 44.5 Å². The van der Waals surface area contributed by atoms with Gasteiger partial charge in [0.15, 0.2) is 0 Å². The highest BCUT2D eigenvalue weighted by Gasteiger charge is 1.98. The van der Waals surface area contributed by atoms with Gasteiger partial charge in [-0.05, 0) is 12.0 Å². The molecule has 3 nitrogen and oxygen atoms in total. The molecule has 0 bridgehead atoms. The number of nitrogens with two attached hydrogens (primary N) is 1. The normalized spacial score (nSPS) is 10.9. The van der Waals surface area contributed by atoms with E-state index in [2.05, 4.69) is 13.8 Å². The molecule has 0 saturated heterocycles. The van der Waals surface area contributed by atoms with Crippen LogP contribution in [0, 0.1) is 5.92 Å². The highest BCUT2D eigenvalue weighted by Crippen LogP contribution is 2.11. The fraction of sp³-hybridized carbons (Fsp3) is 0.538. The van der Waals surface area contributed by atoms with Crippen molar-refractivity contribution in [2.45, 2.75) is 20.5 Å². The van der Waals surface area contributed by atoms with E-state index in [1.807, 2.05) is 24.3 Å². The second-order valence-electron chi connectivity index (χ2n) is 4.22. The fourth-order valence-electron chi connectivity index (χ4n) is 1.28. The molecule has 90 valence electrons. The van der Waals surface area contributed by atoms with Crippen molar-refractivity contribution >= 4 is 5.69 Å². The van der Waals surface area contributed by atoms with Crippen molar-refractivity contribution < 1.29 is 9.47 Å². The molecule has 2 N–H and O–H groups in total. The van der Waals surface area contributed by atoms with Crippen LogP contribution < -0.4 is 5.73 Å². The summed E-state index contributed by atoms with van der Waals surface area (Å²) in [5, 5.41) is 0. The minimum absolute atomic E-state index is 0.553. The highest BCUT2D eigenvalue weighted by molar-refractivity contribution is 5.45. The Bertz CT molecular complexity index is 300. The second kappa shape index (κ2) is 7.25. The molecule has 1 aromatic carbocycles. The molecule has 0 unspecified atom stereocenters. The van der Waals surface area contributed by atoms with Gasteiger partial charge in [0, 0.05) is 17.9 Å². The van der Waals surface area contributed by atoms with Gasteiger partial charge in [0.05, 0.1) is 19.8 Å². The van der Waals surface area contributed by atoms with Gasteiger partial charge >= 0.3 is 0 Å². The Hall–Kier alpha value is -1.06. The first-order chi connectivity index (χ1) is 7.70. The van der Waals surface area contributed by atoms with E-state index in [9.17, 15) is 0 Å². The van der Waals surface area contributed by atoms with Gasteiger partial charge in [-0.1, -0.05) is 32.0 Å². The van der Waals surface area contributed by atoms with Gasteiger partial charge in [0.25, 0.3) is 0 Å². The predicted molar refractivity (Wildman–Crippen MR) is 66.2 cm³/mol. The summed E-state index contributed by atoms with van der Waals surface area (Å²) in [6.07, 6.45) is 0. The van der Waals surface area contributed by atoms with Gasteiger partial charge in [-0.15, -0.1) is 0 Å². The smallest absolute Gasteiger partial charge is 0.0738 e. The number of nitrogen functional groups attached to an aromatic ring is 1. The Morgan fingerprint density at radius 2 is 1.81 bits per heavy atom. The second-order valence-corrected chi connectivity index (χ2v) is 4.22. The van der Waals surface area contributed by atoms with Gasteiger partial charge in [0.2, 0.25) is 0 Å². The van der Waals surface area contributed by atoms with E-state index in [-0.39, 0.29) is 0 Å². The van der Waals surface area contributed by atoms with Crippen molar-refractivity contribution in [3.63, 3.8) is 0 Å². The Morgan fingerprint density at radius 1 is 1.12 bits per heavy atom. The molecule has 0 spiro atoms. The van der Waals surface area contributed by atoms with E-state index >= 15 is 0 Å². The maximum Gasteiger partial charge on any atom is 0.0738 e. The zero-order chi connectivity index (χ0) is 11.8. The number of para-hydroxylation sites is 1. The lowest BCUT2D eigenvalue weighted by Crippen LogP contribution is -2.08. The van der Waals surface area contributed by atoms with Gasteiger partial charge in [0.1, 0.15) is 0 Å². The first-order valence-electron chi connectivity index (χ1n) is 5.69. The number of ether oxygens (including phenoxy) is 2. The molecule has 0 atom stereocenters. The summed E-state index contributed by atoms with van der Waals surface area (Å²) >= 11 is 0. The van der Waals surface area contributed by atoms with E-state index < -0.39 is 0 Å². The first kappa shape index (κ1) is 13.0. The molecule has 3 heteroatoms. The van der Waals surface area contributed by atoms with Gasteiger partial charge in [-0.3, -0.25) is 0 Å². The molecule has 0 heterocycles. The molecular weight excluding hydrogens is 202 g/mol. The van der Waals surface area contributed by atoms with Crippen LogP contribution in [0.2, 0.25) is 0 Å². The third-order valence-corrected chi connectivity index (χ3v) is 2.14. The average molecular weight is 223 g/mol. The van der Waals surface area contributed by atoms with Crippen molar-refractivity contribution in [3.05, 3.63) is 29.8 Å². The van der Waals surface area contributed by atoms with Crippen LogP contribution in [0.4, 0.5) is 5.69 Å². The lowest BCUT2D eigenvalue weighted by Gasteiger charge is -2.08. The van der Waals surface area contributed by atoms with Gasteiger partial charge in [-0.25, -0.2) is 0 Å². The van der Waals surface area contributed by atoms with Crippen LogP contribution >= 0.6 is 0 Å². The third-order valence-electron chi connectivity index (χ3n) is 2.14. The number of hydrogen-bond donors (Lipinski definition) is 1. The van der Waals surface area contributed by atoms with Crippen molar-refractivity contribution in [1.82, 2.24) is 0 Å². The molecule has 0 amide bonds. The summed E-state index contributed by atoms with van der Waals surface area (Å²) in [6.45, 7) is 6.86. The van der Waals surface area contributed by atoms with Crippen LogP contribution in [0.3, 0.4) is 0 Å². The van der Waals surface area contributed by atoms with Crippen molar-refractivity contribution in [2.24, 2.45) is 5.92 Å². The number of rotatable bonds is 7. The monoisotopic (exact) mass is 223 g/mol. The molecule has 0 aliphatic carbocycles. The van der Waals surface area contributed by atoms with Crippen molar-refractivity contribution in [1.29, 1.82) is 0 Å². The SMILES string of the molecule is CC(C)COCCOCc1ccccc1N. The van der Waals surface area contributed by atoms with Crippen LogP contribution in [-0.4, -0.2) is 19.8 Å². The van der Waals surface area contributed by atoms with Crippen LogP contribution in [0.5, 0.6) is 0 Å². The van der Waals surface area contributed by atoms with Crippen molar-refractivity contribution in [3.8, 4) is 0 Å². The summed E-state index contributed by atoms with van der Waals surface area (Å²) in [6, 6.07) is 7.74. The molecule has 1 aromatic rings. The summed E-state index contributed by atoms with van der Waals surface area (Å²) in [5.41, 5.74) is 7.61. The third kappa shape index (κ3) is 5.14. The summed E-state index contributed by atoms with van der Waals surface area (Å²) in [5.74, 6) is 0.574. The van der Waals surface area contributed by atoms with E-state index in [0.29, 0.717) is 25.7 Å². The molecule has 0 fully saturated rings. The van der Waals surface area contributed by atoms with E-state index in [1.165, 1.54) is 0 Å². The lowest BCUT2D eigenvalue weighted by atomic mass is 10.2. The minimum Gasteiger partial charge on any atom is -0.398 e. The molecule has 0 aliphatic heterocycles. The number of anilines is 1. The van der Waals surface area contributed by atoms with Crippen LogP contribution in [0.25, 0.3) is 0 Å². The van der Waals surface area contributed by atoms with Gasteiger partial charge in [-0.2, -0.15) is 0 Å². The van der Waals surface area contributed by atoms with E-state index in [1.54, 1.807) is 0 Å². The maximum absolute atomic E-state index is 5.79. The Morgan fingerprint density at radius 3 is 2.50 bits per heavy atom. The average Bonchev–Trinajstić information content (AvgIpc) is 2.25. The van der Waals surface area contributed by atoms with Crippen molar-refractivity contribution in [2.75, 3.05) is 25.6 Å². The maximum atomic E-state index is 5.79. The minimum atomic E-state index is 0.553. The Kier molecular flexibility index (Phi) is 5.90. The molecule has 16 heavy (non-hydrogen) atoms. The molecule has 0 aromatic heterocycles. The van der Waals surface area contributed by atoms with E-state index in [4.69, 9.17) is 15.2 Å². The largest absolute Gasteiger partial charge is 0.398 e. The standard InChI is InChI=1S/C13H21NO2/c1-11(2)9-15-7-8-16-10-12-5-3-4-6-13(12)14/h3-6,11H,7-10,14H2,1-2H3. The lowest BCUT2D eigenvalue weighted by molar-refractivity contribution is 0.0316. The molecule has 0 saturated carbocycles. The molecular formula is C13H21NO2. The zero-order valence-corrected chi connectivity index (χ0v) is 10.1. The van der Waals surface area contributed by atoms with Crippen LogP contribution in [-0.2, 0) is 16.1 Å². The van der Waals surface area contributed by atoms with Crippen LogP contribution in [0.15, 0.2) is 24.3 Å². The van der Waals surface area contributed by atoms with Gasteiger partial charge < -0.3 is 15.2 Å². The zero-order valence-electron chi connectivity index (χ0n) is 10.1. The predicted octanol–water partition coefficient (Wildman–Crippen LogP) is 2.46. The molecule has 0 radical (unpaired) electrons. The van der Waals surface area contributed by atoms with E-state index in [0.717, 1.165) is 17.9 Å². The number of benzene rings is 1. The summed E-state index contributed by atoms with van der Waals surface area (Å²) < 4.78 is 10.9. The summed E-state index contributed by atoms with van der Waals surface area (Å²) in [7, 11) is 0. The molecule has 1 rings (SSSR count). The van der Waals surface area contributed by atoms with Crippen LogP contribution in [0.1, 0.15) is 19.4 Å². The quantitative estimate of drug-likeness (QED) is 0.570.